The van der Waals surface area contributed by atoms with Gasteiger partial charge in [0.15, 0.2) is 0 Å². The highest BCUT2D eigenvalue weighted by Crippen LogP contribution is 2.31. The van der Waals surface area contributed by atoms with E-state index >= 15 is 0 Å². The Morgan fingerprint density at radius 3 is 2.68 bits per heavy atom. The molecule has 1 saturated carbocycles. The number of amides is 1. The number of carbonyl (C=O) groups excluding carboxylic acids is 1. The quantitative estimate of drug-likeness (QED) is 0.815. The third-order valence-corrected chi connectivity index (χ3v) is 3.45. The Bertz CT molecular complexity index is 545. The minimum absolute atomic E-state index is 0.127. The molecule has 0 saturated heterocycles. The molecule has 0 spiro atoms. The summed E-state index contributed by atoms with van der Waals surface area (Å²) in [7, 11) is 0. The smallest absolute Gasteiger partial charge is 0.306 e. The number of rotatable bonds is 3. The molecular weight excluding hydrogens is 242 g/mol. The second kappa shape index (κ2) is 5.57. The molecule has 2 unspecified atom stereocenters. The van der Waals surface area contributed by atoms with Crippen LogP contribution in [0.25, 0.3) is 0 Å². The summed E-state index contributed by atoms with van der Waals surface area (Å²) in [5.74, 6) is 0.939. The van der Waals surface area contributed by atoms with Crippen LogP contribution >= 0.6 is 0 Å². The van der Waals surface area contributed by atoms with Crippen LogP contribution in [0.15, 0.2) is 24.3 Å². The lowest BCUT2D eigenvalue weighted by Gasteiger charge is -2.11. The fourth-order valence-electron chi connectivity index (χ4n) is 2.37. The van der Waals surface area contributed by atoms with Gasteiger partial charge in [0.25, 0.3) is 0 Å². The topological polar surface area (TPSA) is 66.4 Å². The first kappa shape index (κ1) is 13.2. The molecule has 0 aliphatic heterocycles. The van der Waals surface area contributed by atoms with Gasteiger partial charge in [0.2, 0.25) is 5.91 Å². The van der Waals surface area contributed by atoms with E-state index < -0.39 is 11.9 Å². The van der Waals surface area contributed by atoms with Gasteiger partial charge >= 0.3 is 5.97 Å². The van der Waals surface area contributed by atoms with E-state index in [2.05, 4.69) is 11.2 Å². The average Bonchev–Trinajstić information content (AvgIpc) is 2.89. The van der Waals surface area contributed by atoms with Gasteiger partial charge in [0, 0.05) is 17.2 Å². The zero-order valence-corrected chi connectivity index (χ0v) is 10.4. The highest BCUT2D eigenvalue weighted by molar-refractivity contribution is 5.93. The predicted octanol–water partition coefficient (Wildman–Crippen LogP) is 2.11. The maximum absolute atomic E-state index is 12.0. The first-order valence-corrected chi connectivity index (χ1v) is 6.20. The van der Waals surface area contributed by atoms with Crippen molar-refractivity contribution in [3.05, 3.63) is 29.8 Å². The highest BCUT2D eigenvalue weighted by atomic mass is 16.4. The van der Waals surface area contributed by atoms with Gasteiger partial charge < -0.3 is 10.4 Å². The normalized spacial score (nSPS) is 21.6. The Labute approximate surface area is 111 Å². The van der Waals surface area contributed by atoms with E-state index in [1.54, 1.807) is 24.3 Å². The SMILES string of the molecule is C#Cc1cccc(NC(=O)C2CCC(C(=O)O)C2)c1. The lowest BCUT2D eigenvalue weighted by molar-refractivity contribution is -0.141. The standard InChI is InChI=1S/C15H15NO3/c1-2-10-4-3-5-13(8-10)16-14(17)11-6-7-12(9-11)15(18)19/h1,3-5,8,11-12H,6-7,9H2,(H,16,17)(H,18,19). The van der Waals surface area contributed by atoms with Crippen LogP contribution in [-0.4, -0.2) is 17.0 Å². The zero-order chi connectivity index (χ0) is 13.8. The Balaban J connectivity index is 1.98. The fourth-order valence-corrected chi connectivity index (χ4v) is 2.37. The summed E-state index contributed by atoms with van der Waals surface area (Å²) in [5, 5.41) is 11.7. The van der Waals surface area contributed by atoms with Crippen molar-refractivity contribution in [3.63, 3.8) is 0 Å². The van der Waals surface area contributed by atoms with Crippen LogP contribution in [0.4, 0.5) is 5.69 Å². The molecule has 2 N–H and O–H groups in total. The molecule has 2 atom stereocenters. The van der Waals surface area contributed by atoms with Gasteiger partial charge in [0.05, 0.1) is 5.92 Å². The van der Waals surface area contributed by atoms with Crippen LogP contribution in [0.5, 0.6) is 0 Å². The van der Waals surface area contributed by atoms with Crippen molar-refractivity contribution in [1.29, 1.82) is 0 Å². The number of benzene rings is 1. The molecule has 4 heteroatoms. The molecule has 4 nitrogen and oxygen atoms in total. The fraction of sp³-hybridized carbons (Fsp3) is 0.333. The molecule has 1 aliphatic carbocycles. The number of carbonyl (C=O) groups is 2. The van der Waals surface area contributed by atoms with Crippen molar-refractivity contribution < 1.29 is 14.7 Å². The van der Waals surface area contributed by atoms with Crippen LogP contribution in [0.1, 0.15) is 24.8 Å². The summed E-state index contributed by atoms with van der Waals surface area (Å²) in [6, 6.07) is 7.05. The Kier molecular flexibility index (Phi) is 3.86. The Hall–Kier alpha value is -2.28. The van der Waals surface area contributed by atoms with Crippen molar-refractivity contribution in [3.8, 4) is 12.3 Å². The summed E-state index contributed by atoms with van der Waals surface area (Å²) < 4.78 is 0. The number of hydrogen-bond acceptors (Lipinski definition) is 2. The number of anilines is 1. The average molecular weight is 257 g/mol. The molecule has 0 bridgehead atoms. The summed E-state index contributed by atoms with van der Waals surface area (Å²) in [4.78, 5) is 22.9. The van der Waals surface area contributed by atoms with E-state index in [0.717, 1.165) is 0 Å². The summed E-state index contributed by atoms with van der Waals surface area (Å²) in [6.07, 6.45) is 6.90. The van der Waals surface area contributed by atoms with E-state index in [0.29, 0.717) is 30.5 Å². The number of terminal acetylenes is 1. The molecule has 1 amide bonds. The maximum atomic E-state index is 12.0. The van der Waals surface area contributed by atoms with Gasteiger partial charge in [0.1, 0.15) is 0 Å². The second-order valence-electron chi connectivity index (χ2n) is 4.76. The van der Waals surface area contributed by atoms with Crippen molar-refractivity contribution in [2.24, 2.45) is 11.8 Å². The third kappa shape index (κ3) is 3.14. The summed E-state index contributed by atoms with van der Waals surface area (Å²) in [5.41, 5.74) is 1.35. The third-order valence-electron chi connectivity index (χ3n) is 3.45. The molecular formula is C15H15NO3. The predicted molar refractivity (Wildman–Crippen MR) is 71.5 cm³/mol. The van der Waals surface area contributed by atoms with Crippen LogP contribution in [0.2, 0.25) is 0 Å². The van der Waals surface area contributed by atoms with Crippen LogP contribution < -0.4 is 5.32 Å². The summed E-state index contributed by atoms with van der Waals surface area (Å²) in [6.45, 7) is 0. The van der Waals surface area contributed by atoms with Gasteiger partial charge in [-0.2, -0.15) is 0 Å². The minimum Gasteiger partial charge on any atom is -0.481 e. The van der Waals surface area contributed by atoms with Crippen molar-refractivity contribution in [1.82, 2.24) is 0 Å². The molecule has 19 heavy (non-hydrogen) atoms. The molecule has 2 rings (SSSR count). The van der Waals surface area contributed by atoms with Gasteiger partial charge in [-0.3, -0.25) is 9.59 Å². The van der Waals surface area contributed by atoms with E-state index in [-0.39, 0.29) is 11.8 Å². The lowest BCUT2D eigenvalue weighted by atomic mass is 10.0. The number of carboxylic acid groups (broad SMARTS) is 1. The van der Waals surface area contributed by atoms with E-state index in [4.69, 9.17) is 11.5 Å². The van der Waals surface area contributed by atoms with Gasteiger partial charge in [-0.25, -0.2) is 0 Å². The van der Waals surface area contributed by atoms with E-state index in [9.17, 15) is 9.59 Å². The van der Waals surface area contributed by atoms with Crippen LogP contribution in [-0.2, 0) is 9.59 Å². The van der Waals surface area contributed by atoms with Gasteiger partial charge in [-0.15, -0.1) is 6.42 Å². The molecule has 0 aromatic heterocycles. The molecule has 1 aliphatic rings. The highest BCUT2D eigenvalue weighted by Gasteiger charge is 2.33. The molecule has 98 valence electrons. The summed E-state index contributed by atoms with van der Waals surface area (Å²) >= 11 is 0. The number of nitrogens with one attached hydrogen (secondary N) is 1. The minimum atomic E-state index is -0.815. The van der Waals surface area contributed by atoms with E-state index in [1.165, 1.54) is 0 Å². The molecule has 1 aromatic rings. The van der Waals surface area contributed by atoms with E-state index in [1.807, 2.05) is 0 Å². The van der Waals surface area contributed by atoms with Crippen molar-refractivity contribution >= 4 is 17.6 Å². The second-order valence-corrected chi connectivity index (χ2v) is 4.76. The monoisotopic (exact) mass is 257 g/mol. The number of carboxylic acids is 1. The Morgan fingerprint density at radius 1 is 1.32 bits per heavy atom. The van der Waals surface area contributed by atoms with Crippen molar-refractivity contribution in [2.45, 2.75) is 19.3 Å². The molecule has 0 radical (unpaired) electrons. The zero-order valence-electron chi connectivity index (χ0n) is 10.4. The van der Waals surface area contributed by atoms with Crippen LogP contribution in [0, 0.1) is 24.2 Å². The number of aliphatic carboxylic acids is 1. The largest absolute Gasteiger partial charge is 0.481 e. The van der Waals surface area contributed by atoms with Crippen molar-refractivity contribution in [2.75, 3.05) is 5.32 Å². The lowest BCUT2D eigenvalue weighted by Crippen LogP contribution is -2.21. The first-order chi connectivity index (χ1) is 9.10. The van der Waals surface area contributed by atoms with Crippen LogP contribution in [0.3, 0.4) is 0 Å². The molecule has 0 heterocycles. The van der Waals surface area contributed by atoms with Gasteiger partial charge in [-0.1, -0.05) is 12.0 Å². The first-order valence-electron chi connectivity index (χ1n) is 6.20. The molecule has 1 aromatic carbocycles. The van der Waals surface area contributed by atoms with Gasteiger partial charge in [-0.05, 0) is 37.5 Å². The molecule has 1 fully saturated rings. The number of hydrogen-bond donors (Lipinski definition) is 2. The maximum Gasteiger partial charge on any atom is 0.306 e. The Morgan fingerprint density at radius 2 is 2.05 bits per heavy atom.